The Morgan fingerprint density at radius 3 is 2.77 bits per heavy atom. The fourth-order valence-corrected chi connectivity index (χ4v) is 7.13. The molecule has 0 aromatic carbocycles. The van der Waals surface area contributed by atoms with Gasteiger partial charge in [-0.15, -0.1) is 0 Å². The standard InChI is InChI=1S/C18H32N4/c1-18(2)13-7-3-5-11-12-6-4-8-20-17(12)22(15(11)13)14-9-19-10-21-16(14)18/h11-17,19-21H,3-10H2,1-2H3. The summed E-state index contributed by atoms with van der Waals surface area (Å²) in [4.78, 5) is 2.97. The van der Waals surface area contributed by atoms with Crippen molar-refractivity contribution in [2.24, 2.45) is 23.2 Å². The van der Waals surface area contributed by atoms with E-state index in [4.69, 9.17) is 0 Å². The van der Waals surface area contributed by atoms with Crippen LogP contribution in [0.4, 0.5) is 0 Å². The summed E-state index contributed by atoms with van der Waals surface area (Å²) in [7, 11) is 0. The third-order valence-electron chi connectivity index (χ3n) is 7.92. The fraction of sp³-hybridized carbons (Fsp3) is 1.00. The van der Waals surface area contributed by atoms with Crippen LogP contribution in [0.1, 0.15) is 46.0 Å². The van der Waals surface area contributed by atoms with Crippen molar-refractivity contribution in [3.63, 3.8) is 0 Å². The van der Waals surface area contributed by atoms with Crippen molar-refractivity contribution in [3.05, 3.63) is 0 Å². The number of nitrogens with zero attached hydrogens (tertiary/aromatic N) is 1. The summed E-state index contributed by atoms with van der Waals surface area (Å²) in [6.45, 7) is 8.50. The Morgan fingerprint density at radius 2 is 1.86 bits per heavy atom. The number of fused-ring (bicyclic) bond motifs is 5. The number of nitrogens with one attached hydrogen (secondary N) is 3. The van der Waals surface area contributed by atoms with Gasteiger partial charge in [-0.05, 0) is 55.4 Å². The molecule has 5 rings (SSSR count). The van der Waals surface area contributed by atoms with Crippen LogP contribution in [0.25, 0.3) is 0 Å². The van der Waals surface area contributed by atoms with Crippen LogP contribution in [0.5, 0.6) is 0 Å². The molecule has 4 saturated heterocycles. The minimum absolute atomic E-state index is 0.431. The molecule has 7 unspecified atom stereocenters. The van der Waals surface area contributed by atoms with Gasteiger partial charge in [0.05, 0.1) is 6.17 Å². The van der Waals surface area contributed by atoms with E-state index >= 15 is 0 Å². The molecule has 0 aromatic rings. The van der Waals surface area contributed by atoms with E-state index in [-0.39, 0.29) is 0 Å². The first-order chi connectivity index (χ1) is 10.7. The predicted molar refractivity (Wildman–Crippen MR) is 88.3 cm³/mol. The van der Waals surface area contributed by atoms with Gasteiger partial charge >= 0.3 is 0 Å². The molecule has 0 bridgehead atoms. The Labute approximate surface area is 134 Å². The lowest BCUT2D eigenvalue weighted by Gasteiger charge is -2.61. The summed E-state index contributed by atoms with van der Waals surface area (Å²) in [5.74, 6) is 2.75. The topological polar surface area (TPSA) is 39.3 Å². The second kappa shape index (κ2) is 4.92. The van der Waals surface area contributed by atoms with Gasteiger partial charge in [-0.2, -0.15) is 0 Å². The number of piperidine rings is 2. The van der Waals surface area contributed by atoms with Crippen LogP contribution in [0, 0.1) is 23.2 Å². The van der Waals surface area contributed by atoms with Crippen molar-refractivity contribution >= 4 is 0 Å². The zero-order valence-electron chi connectivity index (χ0n) is 14.1. The molecule has 4 nitrogen and oxygen atoms in total. The van der Waals surface area contributed by atoms with E-state index in [1.165, 1.54) is 45.2 Å². The van der Waals surface area contributed by atoms with Crippen molar-refractivity contribution in [1.82, 2.24) is 20.9 Å². The molecule has 4 heterocycles. The summed E-state index contributed by atoms with van der Waals surface area (Å²) in [6.07, 6.45) is 7.89. The third kappa shape index (κ3) is 1.73. The van der Waals surface area contributed by atoms with E-state index < -0.39 is 0 Å². The van der Waals surface area contributed by atoms with E-state index in [1.54, 1.807) is 0 Å². The smallest absolute Gasteiger partial charge is 0.0635 e. The lowest BCUT2D eigenvalue weighted by Crippen LogP contribution is -2.75. The molecule has 5 aliphatic rings. The Balaban J connectivity index is 1.59. The van der Waals surface area contributed by atoms with Gasteiger partial charge in [0, 0.05) is 31.3 Å². The van der Waals surface area contributed by atoms with Crippen LogP contribution in [0.3, 0.4) is 0 Å². The van der Waals surface area contributed by atoms with E-state index in [0.29, 0.717) is 23.7 Å². The van der Waals surface area contributed by atoms with E-state index in [1.807, 2.05) is 0 Å². The summed E-state index contributed by atoms with van der Waals surface area (Å²) < 4.78 is 0. The van der Waals surface area contributed by atoms with Gasteiger partial charge < -0.3 is 10.6 Å². The summed E-state index contributed by atoms with van der Waals surface area (Å²) in [5, 5.41) is 11.4. The Kier molecular flexibility index (Phi) is 3.18. The average molecular weight is 304 g/mol. The molecule has 0 radical (unpaired) electrons. The van der Waals surface area contributed by atoms with Crippen LogP contribution >= 0.6 is 0 Å². The van der Waals surface area contributed by atoms with Gasteiger partial charge in [0.1, 0.15) is 0 Å². The number of rotatable bonds is 0. The first kappa shape index (κ1) is 14.2. The zero-order valence-corrected chi connectivity index (χ0v) is 14.1. The molecular weight excluding hydrogens is 272 g/mol. The Hall–Kier alpha value is -0.160. The maximum Gasteiger partial charge on any atom is 0.0635 e. The van der Waals surface area contributed by atoms with E-state index in [0.717, 1.165) is 30.5 Å². The summed E-state index contributed by atoms with van der Waals surface area (Å²) in [6, 6.07) is 2.16. The molecule has 5 fully saturated rings. The SMILES string of the molecule is CC1(C)C2CCCC3C4CCCNC4N(C4CNCNC41)C32. The molecule has 0 spiro atoms. The summed E-state index contributed by atoms with van der Waals surface area (Å²) in [5.41, 5.74) is 0.431. The van der Waals surface area contributed by atoms with Gasteiger partial charge in [0.2, 0.25) is 0 Å². The lowest BCUT2D eigenvalue weighted by atomic mass is 9.57. The van der Waals surface area contributed by atoms with Gasteiger partial charge in [-0.3, -0.25) is 10.2 Å². The minimum atomic E-state index is 0.431. The van der Waals surface area contributed by atoms with Gasteiger partial charge in [0.15, 0.2) is 0 Å². The molecule has 0 amide bonds. The lowest BCUT2D eigenvalue weighted by molar-refractivity contribution is -0.0996. The molecule has 1 saturated carbocycles. The highest BCUT2D eigenvalue weighted by molar-refractivity contribution is 5.17. The van der Waals surface area contributed by atoms with Gasteiger partial charge in [-0.25, -0.2) is 0 Å². The maximum atomic E-state index is 3.92. The van der Waals surface area contributed by atoms with Crippen LogP contribution in [-0.4, -0.2) is 48.9 Å². The summed E-state index contributed by atoms with van der Waals surface area (Å²) >= 11 is 0. The van der Waals surface area contributed by atoms with E-state index in [9.17, 15) is 0 Å². The molecule has 22 heavy (non-hydrogen) atoms. The second-order valence-electron chi connectivity index (χ2n) is 9.05. The van der Waals surface area contributed by atoms with Crippen molar-refractivity contribution < 1.29 is 0 Å². The molecule has 3 N–H and O–H groups in total. The number of hydrogen-bond donors (Lipinski definition) is 3. The predicted octanol–water partition coefficient (Wildman–Crippen LogP) is 1.34. The van der Waals surface area contributed by atoms with Crippen molar-refractivity contribution in [3.8, 4) is 0 Å². The van der Waals surface area contributed by atoms with Crippen LogP contribution in [0.2, 0.25) is 0 Å². The first-order valence-corrected chi connectivity index (χ1v) is 9.64. The van der Waals surface area contributed by atoms with Gasteiger partial charge in [0.25, 0.3) is 0 Å². The van der Waals surface area contributed by atoms with Crippen molar-refractivity contribution in [1.29, 1.82) is 0 Å². The Morgan fingerprint density at radius 1 is 1.00 bits per heavy atom. The zero-order chi connectivity index (χ0) is 14.9. The molecule has 0 aromatic heterocycles. The largest absolute Gasteiger partial charge is 0.303 e. The molecule has 4 heteroatoms. The molecule has 7 atom stereocenters. The fourth-order valence-electron chi connectivity index (χ4n) is 7.13. The molecule has 1 aliphatic carbocycles. The second-order valence-corrected chi connectivity index (χ2v) is 9.05. The quantitative estimate of drug-likeness (QED) is 0.632. The monoisotopic (exact) mass is 304 g/mol. The van der Waals surface area contributed by atoms with Crippen molar-refractivity contribution in [2.45, 2.75) is 70.2 Å². The average Bonchev–Trinajstić information content (AvgIpc) is 2.88. The highest BCUT2D eigenvalue weighted by Crippen LogP contribution is 2.57. The Bertz CT molecular complexity index is 450. The van der Waals surface area contributed by atoms with Gasteiger partial charge in [-0.1, -0.05) is 20.3 Å². The molecule has 124 valence electrons. The third-order valence-corrected chi connectivity index (χ3v) is 7.92. The molecular formula is C18H32N4. The highest BCUT2D eigenvalue weighted by Gasteiger charge is 2.63. The van der Waals surface area contributed by atoms with Crippen LogP contribution in [0.15, 0.2) is 0 Å². The highest BCUT2D eigenvalue weighted by atomic mass is 15.4. The minimum Gasteiger partial charge on any atom is -0.303 e. The number of hydrogen-bond acceptors (Lipinski definition) is 4. The van der Waals surface area contributed by atoms with E-state index in [2.05, 4.69) is 34.7 Å². The van der Waals surface area contributed by atoms with Crippen molar-refractivity contribution in [2.75, 3.05) is 19.8 Å². The normalized spacial score (nSPS) is 53.5. The van der Waals surface area contributed by atoms with Crippen LogP contribution in [-0.2, 0) is 0 Å². The molecule has 4 aliphatic heterocycles. The maximum absolute atomic E-state index is 3.92. The first-order valence-electron chi connectivity index (χ1n) is 9.64. The van der Waals surface area contributed by atoms with Crippen LogP contribution < -0.4 is 16.0 Å².